The van der Waals surface area contributed by atoms with Crippen LogP contribution in [0, 0.1) is 0 Å². The number of rotatable bonds is 3. The van der Waals surface area contributed by atoms with E-state index in [2.05, 4.69) is 37.5 Å². The zero-order chi connectivity index (χ0) is 16.0. The molecule has 4 aromatic rings. The van der Waals surface area contributed by atoms with E-state index in [9.17, 15) is 0 Å². The Morgan fingerprint density at radius 3 is 2.87 bits per heavy atom. The smallest absolute Gasteiger partial charge is 0.226 e. The van der Waals surface area contributed by atoms with Crippen LogP contribution in [-0.4, -0.2) is 36.3 Å². The average molecular weight is 328 g/mol. The fraction of sp³-hybridized carbons (Fsp3) is 0.200. The first-order chi connectivity index (χ1) is 11.2. The predicted octanol–water partition coefficient (Wildman–Crippen LogP) is 2.46. The number of imidazole rings is 1. The zero-order valence-electron chi connectivity index (χ0n) is 12.7. The minimum absolute atomic E-state index is 0.189. The summed E-state index contributed by atoms with van der Waals surface area (Å²) in [6, 6.07) is 8.14. The van der Waals surface area contributed by atoms with E-state index in [-0.39, 0.29) is 5.28 Å². The fourth-order valence-corrected chi connectivity index (χ4v) is 2.94. The van der Waals surface area contributed by atoms with E-state index in [1.807, 2.05) is 28.4 Å². The number of benzene rings is 1. The number of hydrogen-bond acceptors (Lipinski definition) is 5. The van der Waals surface area contributed by atoms with Crippen LogP contribution in [0.3, 0.4) is 0 Å². The number of hydrogen-bond donors (Lipinski definition) is 1. The van der Waals surface area contributed by atoms with Gasteiger partial charge in [0.25, 0.3) is 0 Å². The highest BCUT2D eigenvalue weighted by atomic mass is 35.5. The maximum atomic E-state index is 6.01. The Morgan fingerprint density at radius 2 is 2.04 bits per heavy atom. The second kappa shape index (κ2) is 5.20. The lowest BCUT2D eigenvalue weighted by molar-refractivity contribution is 0.725. The molecule has 0 unspecified atom stereocenters. The van der Waals surface area contributed by atoms with Crippen LogP contribution in [0.4, 0.5) is 5.82 Å². The number of nitrogens with zero attached hydrogens (tertiary/aromatic N) is 6. The highest BCUT2D eigenvalue weighted by Gasteiger charge is 2.14. The Bertz CT molecular complexity index is 1020. The van der Waals surface area contributed by atoms with Crippen molar-refractivity contribution >= 4 is 39.5 Å². The summed E-state index contributed by atoms with van der Waals surface area (Å²) in [5.74, 6) is 0.615. The van der Waals surface area contributed by atoms with Crippen LogP contribution >= 0.6 is 11.6 Å². The van der Waals surface area contributed by atoms with Crippen LogP contribution in [0.25, 0.3) is 22.1 Å². The number of anilines is 1. The third-order valence-corrected chi connectivity index (χ3v) is 4.00. The molecule has 0 saturated heterocycles. The number of halogens is 1. The van der Waals surface area contributed by atoms with Crippen LogP contribution in [-0.2, 0) is 13.6 Å². The Hall–Kier alpha value is -2.67. The van der Waals surface area contributed by atoms with E-state index >= 15 is 0 Å². The Morgan fingerprint density at radius 1 is 1.22 bits per heavy atom. The number of aromatic nitrogens is 6. The van der Waals surface area contributed by atoms with Gasteiger partial charge in [0, 0.05) is 19.5 Å². The molecule has 23 heavy (non-hydrogen) atoms. The number of aryl methyl sites for hydroxylation is 1. The topological polar surface area (TPSA) is 73.5 Å². The maximum Gasteiger partial charge on any atom is 0.226 e. The molecular formula is C15H14ClN7. The van der Waals surface area contributed by atoms with Crippen molar-refractivity contribution in [3.05, 3.63) is 41.6 Å². The standard InChI is InChI=1S/C15H14ClN7/c1-17-13-12-14(20-15(16)19-13)23(8-18-12)7-10-9-5-3-4-6-11(9)22(2)21-10/h3-6,8H,7H2,1-2H3,(H,17,19,20). The molecule has 0 bridgehead atoms. The quantitative estimate of drug-likeness (QED) is 0.585. The van der Waals surface area contributed by atoms with E-state index < -0.39 is 0 Å². The summed E-state index contributed by atoms with van der Waals surface area (Å²) in [7, 11) is 3.72. The molecule has 3 heterocycles. The molecule has 4 rings (SSSR count). The van der Waals surface area contributed by atoms with Gasteiger partial charge >= 0.3 is 0 Å². The van der Waals surface area contributed by atoms with Gasteiger partial charge in [-0.15, -0.1) is 0 Å². The summed E-state index contributed by atoms with van der Waals surface area (Å²) < 4.78 is 3.81. The van der Waals surface area contributed by atoms with Gasteiger partial charge in [-0.3, -0.25) is 4.68 Å². The van der Waals surface area contributed by atoms with Crippen molar-refractivity contribution in [1.82, 2.24) is 29.3 Å². The molecule has 1 N–H and O–H groups in total. The molecule has 116 valence electrons. The molecule has 0 aliphatic heterocycles. The van der Waals surface area contributed by atoms with Crippen molar-refractivity contribution in [3.8, 4) is 0 Å². The number of fused-ring (bicyclic) bond motifs is 2. The Kier molecular flexibility index (Phi) is 3.16. The molecule has 0 atom stereocenters. The van der Waals surface area contributed by atoms with Crippen molar-refractivity contribution in [2.24, 2.45) is 7.05 Å². The zero-order valence-corrected chi connectivity index (χ0v) is 13.4. The molecule has 0 aliphatic rings. The molecule has 1 aromatic carbocycles. The lowest BCUT2D eigenvalue weighted by Gasteiger charge is -2.04. The third kappa shape index (κ3) is 2.20. The number of para-hydroxylation sites is 1. The van der Waals surface area contributed by atoms with Crippen LogP contribution in [0.2, 0.25) is 5.28 Å². The minimum Gasteiger partial charge on any atom is -0.371 e. The first-order valence-electron chi connectivity index (χ1n) is 7.14. The lowest BCUT2D eigenvalue weighted by atomic mass is 10.2. The average Bonchev–Trinajstić information content (AvgIpc) is 3.10. The first-order valence-corrected chi connectivity index (χ1v) is 7.52. The van der Waals surface area contributed by atoms with E-state index in [0.717, 1.165) is 16.6 Å². The van der Waals surface area contributed by atoms with Crippen molar-refractivity contribution in [2.75, 3.05) is 12.4 Å². The summed E-state index contributed by atoms with van der Waals surface area (Å²) in [6.45, 7) is 0.564. The highest BCUT2D eigenvalue weighted by Crippen LogP contribution is 2.23. The lowest BCUT2D eigenvalue weighted by Crippen LogP contribution is -2.03. The second-order valence-corrected chi connectivity index (χ2v) is 5.56. The summed E-state index contributed by atoms with van der Waals surface area (Å²) >= 11 is 6.01. The van der Waals surface area contributed by atoms with Gasteiger partial charge in [-0.1, -0.05) is 18.2 Å². The molecule has 0 saturated carbocycles. The van der Waals surface area contributed by atoms with Crippen LogP contribution in [0.1, 0.15) is 5.69 Å². The van der Waals surface area contributed by atoms with E-state index in [1.165, 1.54) is 0 Å². The van der Waals surface area contributed by atoms with Gasteiger partial charge < -0.3 is 9.88 Å². The summed E-state index contributed by atoms with van der Waals surface area (Å²) in [5.41, 5.74) is 3.43. The molecule has 0 fully saturated rings. The van der Waals surface area contributed by atoms with Gasteiger partial charge in [-0.25, -0.2) is 4.98 Å². The molecule has 8 heteroatoms. The summed E-state index contributed by atoms with van der Waals surface area (Å²) in [6.07, 6.45) is 1.74. The Labute approximate surface area is 136 Å². The summed E-state index contributed by atoms with van der Waals surface area (Å²) in [5, 5.41) is 8.91. The third-order valence-electron chi connectivity index (χ3n) is 3.83. The molecule has 3 aromatic heterocycles. The molecular weight excluding hydrogens is 314 g/mol. The maximum absolute atomic E-state index is 6.01. The Balaban J connectivity index is 1.85. The predicted molar refractivity (Wildman–Crippen MR) is 89.7 cm³/mol. The van der Waals surface area contributed by atoms with E-state index in [4.69, 9.17) is 11.6 Å². The van der Waals surface area contributed by atoms with Gasteiger partial charge in [-0.05, 0) is 17.7 Å². The van der Waals surface area contributed by atoms with Gasteiger partial charge in [0.1, 0.15) is 0 Å². The molecule has 0 spiro atoms. The largest absolute Gasteiger partial charge is 0.371 e. The first kappa shape index (κ1) is 14.0. The van der Waals surface area contributed by atoms with Crippen molar-refractivity contribution < 1.29 is 0 Å². The minimum atomic E-state index is 0.189. The number of nitrogens with one attached hydrogen (secondary N) is 1. The van der Waals surface area contributed by atoms with Gasteiger partial charge in [0.2, 0.25) is 5.28 Å². The van der Waals surface area contributed by atoms with Crippen LogP contribution < -0.4 is 5.32 Å². The van der Waals surface area contributed by atoms with Crippen molar-refractivity contribution in [3.63, 3.8) is 0 Å². The normalized spacial score (nSPS) is 11.4. The van der Waals surface area contributed by atoms with E-state index in [0.29, 0.717) is 23.5 Å². The van der Waals surface area contributed by atoms with Gasteiger partial charge in [0.15, 0.2) is 17.0 Å². The van der Waals surface area contributed by atoms with Crippen molar-refractivity contribution in [2.45, 2.75) is 6.54 Å². The monoisotopic (exact) mass is 327 g/mol. The second-order valence-electron chi connectivity index (χ2n) is 5.22. The van der Waals surface area contributed by atoms with Crippen LogP contribution in [0.15, 0.2) is 30.6 Å². The highest BCUT2D eigenvalue weighted by molar-refractivity contribution is 6.28. The molecule has 0 aliphatic carbocycles. The molecule has 7 nitrogen and oxygen atoms in total. The van der Waals surface area contributed by atoms with Crippen LogP contribution in [0.5, 0.6) is 0 Å². The molecule has 0 amide bonds. The molecule has 0 radical (unpaired) electrons. The van der Waals surface area contributed by atoms with E-state index in [1.54, 1.807) is 13.4 Å². The van der Waals surface area contributed by atoms with Crippen molar-refractivity contribution in [1.29, 1.82) is 0 Å². The SMILES string of the molecule is CNc1nc(Cl)nc2c1ncn2Cc1nn(C)c2ccccc12. The fourth-order valence-electron chi connectivity index (χ4n) is 2.77. The van der Waals surface area contributed by atoms with Gasteiger partial charge in [-0.2, -0.15) is 15.1 Å². The summed E-state index contributed by atoms with van der Waals surface area (Å²) in [4.78, 5) is 12.8. The van der Waals surface area contributed by atoms with Gasteiger partial charge in [0.05, 0.1) is 24.1 Å².